The van der Waals surface area contributed by atoms with Crippen molar-refractivity contribution in [3.8, 4) is 0 Å². The standard InChI is InChI=1S/C23H45N7O/c1-4-5-6-7-8-9-10-11-13-24-23(26-20-22-28-27-21(2)29(22)3)25-14-12-15-30-16-18-31-19-17-30/h4-20H2,1-3H3,(H2,24,25,26). The summed E-state index contributed by atoms with van der Waals surface area (Å²) in [5.74, 6) is 2.68. The van der Waals surface area contributed by atoms with E-state index in [4.69, 9.17) is 9.73 Å². The largest absolute Gasteiger partial charge is 0.379 e. The molecule has 1 aliphatic rings. The fourth-order valence-corrected chi connectivity index (χ4v) is 3.71. The van der Waals surface area contributed by atoms with Crippen molar-refractivity contribution in [2.24, 2.45) is 12.0 Å². The minimum atomic E-state index is 0.535. The van der Waals surface area contributed by atoms with Gasteiger partial charge in [-0.3, -0.25) is 4.90 Å². The maximum atomic E-state index is 5.43. The first kappa shape index (κ1) is 25.6. The molecule has 8 nitrogen and oxygen atoms in total. The molecule has 0 radical (unpaired) electrons. The van der Waals surface area contributed by atoms with Gasteiger partial charge >= 0.3 is 0 Å². The highest BCUT2D eigenvalue weighted by Gasteiger charge is 2.09. The molecule has 0 amide bonds. The van der Waals surface area contributed by atoms with Gasteiger partial charge in [-0.25, -0.2) is 4.99 Å². The van der Waals surface area contributed by atoms with E-state index in [1.807, 2.05) is 18.5 Å². The van der Waals surface area contributed by atoms with Crippen molar-refractivity contribution < 1.29 is 4.74 Å². The second kappa shape index (κ2) is 16.0. The Labute approximate surface area is 189 Å². The van der Waals surface area contributed by atoms with E-state index in [2.05, 4.69) is 32.7 Å². The number of hydrogen-bond acceptors (Lipinski definition) is 5. The van der Waals surface area contributed by atoms with Gasteiger partial charge in [-0.1, -0.05) is 51.9 Å². The molecule has 0 atom stereocenters. The van der Waals surface area contributed by atoms with Crippen LogP contribution in [0.2, 0.25) is 0 Å². The fourth-order valence-electron chi connectivity index (χ4n) is 3.71. The third-order valence-electron chi connectivity index (χ3n) is 5.93. The summed E-state index contributed by atoms with van der Waals surface area (Å²) in [6.07, 6.45) is 11.7. The van der Waals surface area contributed by atoms with Crippen LogP contribution in [-0.2, 0) is 18.3 Å². The molecule has 0 bridgehead atoms. The number of aromatic nitrogens is 3. The average molecular weight is 436 g/mol. The summed E-state index contributed by atoms with van der Waals surface area (Å²) in [4.78, 5) is 7.23. The summed E-state index contributed by atoms with van der Waals surface area (Å²) >= 11 is 0. The van der Waals surface area contributed by atoms with Gasteiger partial charge in [0.25, 0.3) is 0 Å². The van der Waals surface area contributed by atoms with Gasteiger partial charge in [-0.15, -0.1) is 10.2 Å². The topological polar surface area (TPSA) is 79.6 Å². The summed E-state index contributed by atoms with van der Waals surface area (Å²) in [5, 5.41) is 15.4. The number of aryl methyl sites for hydroxylation is 1. The first-order valence-electron chi connectivity index (χ1n) is 12.4. The normalized spacial score (nSPS) is 15.4. The summed E-state index contributed by atoms with van der Waals surface area (Å²) in [6, 6.07) is 0. The van der Waals surface area contributed by atoms with Gasteiger partial charge in [0, 0.05) is 33.2 Å². The highest BCUT2D eigenvalue weighted by Crippen LogP contribution is 2.08. The Balaban J connectivity index is 1.69. The molecular weight excluding hydrogens is 390 g/mol. The zero-order valence-corrected chi connectivity index (χ0v) is 20.2. The Bertz CT molecular complexity index is 611. The van der Waals surface area contributed by atoms with Gasteiger partial charge in [-0.05, 0) is 26.3 Å². The molecule has 0 aromatic carbocycles. The predicted octanol–water partition coefficient (Wildman–Crippen LogP) is 3.02. The zero-order valence-electron chi connectivity index (χ0n) is 20.2. The highest BCUT2D eigenvalue weighted by atomic mass is 16.5. The molecular formula is C23H45N7O. The maximum Gasteiger partial charge on any atom is 0.191 e. The van der Waals surface area contributed by atoms with Crippen molar-refractivity contribution >= 4 is 5.96 Å². The fraction of sp³-hybridized carbons (Fsp3) is 0.870. The van der Waals surface area contributed by atoms with Crippen LogP contribution >= 0.6 is 0 Å². The van der Waals surface area contributed by atoms with Crippen LogP contribution in [-0.4, -0.2) is 71.6 Å². The molecule has 2 heterocycles. The molecule has 0 unspecified atom stereocenters. The number of nitrogens with one attached hydrogen (secondary N) is 2. The second-order valence-electron chi connectivity index (χ2n) is 8.52. The Morgan fingerprint density at radius 1 is 0.935 bits per heavy atom. The van der Waals surface area contributed by atoms with Gasteiger partial charge in [-0.2, -0.15) is 0 Å². The number of ether oxygens (including phenoxy) is 1. The van der Waals surface area contributed by atoms with Crippen LogP contribution in [0.4, 0.5) is 0 Å². The van der Waals surface area contributed by atoms with Crippen LogP contribution in [0.5, 0.6) is 0 Å². The van der Waals surface area contributed by atoms with Crippen molar-refractivity contribution in [3.63, 3.8) is 0 Å². The second-order valence-corrected chi connectivity index (χ2v) is 8.52. The molecule has 1 aromatic rings. The quantitative estimate of drug-likeness (QED) is 0.250. The van der Waals surface area contributed by atoms with Gasteiger partial charge in [0.2, 0.25) is 0 Å². The summed E-state index contributed by atoms with van der Waals surface area (Å²) in [5.41, 5.74) is 0. The number of guanidine groups is 1. The lowest BCUT2D eigenvalue weighted by Gasteiger charge is -2.26. The SMILES string of the molecule is CCCCCCCCCCNC(=NCc1nnc(C)n1C)NCCCN1CCOCC1. The van der Waals surface area contributed by atoms with E-state index < -0.39 is 0 Å². The lowest BCUT2D eigenvalue weighted by molar-refractivity contribution is 0.0376. The molecule has 178 valence electrons. The molecule has 31 heavy (non-hydrogen) atoms. The minimum Gasteiger partial charge on any atom is -0.379 e. The van der Waals surface area contributed by atoms with E-state index >= 15 is 0 Å². The number of morpholine rings is 1. The molecule has 8 heteroatoms. The van der Waals surface area contributed by atoms with Crippen LogP contribution in [0.25, 0.3) is 0 Å². The maximum absolute atomic E-state index is 5.43. The Morgan fingerprint density at radius 3 is 2.23 bits per heavy atom. The molecule has 1 aromatic heterocycles. The van der Waals surface area contributed by atoms with E-state index in [-0.39, 0.29) is 0 Å². The molecule has 1 aliphatic heterocycles. The molecule has 2 N–H and O–H groups in total. The van der Waals surface area contributed by atoms with Gasteiger partial charge in [0.15, 0.2) is 11.8 Å². The van der Waals surface area contributed by atoms with Crippen LogP contribution in [0.3, 0.4) is 0 Å². The first-order chi connectivity index (χ1) is 15.2. The monoisotopic (exact) mass is 435 g/mol. The Kier molecular flexibility index (Phi) is 13.2. The van der Waals surface area contributed by atoms with Crippen LogP contribution in [0, 0.1) is 6.92 Å². The highest BCUT2D eigenvalue weighted by molar-refractivity contribution is 5.79. The number of nitrogens with zero attached hydrogens (tertiary/aromatic N) is 5. The van der Waals surface area contributed by atoms with E-state index in [1.165, 1.54) is 51.4 Å². The van der Waals surface area contributed by atoms with Crippen molar-refractivity contribution in [2.45, 2.75) is 78.2 Å². The van der Waals surface area contributed by atoms with Crippen molar-refractivity contribution in [2.75, 3.05) is 45.9 Å². The lowest BCUT2D eigenvalue weighted by Crippen LogP contribution is -2.41. The van der Waals surface area contributed by atoms with Gasteiger partial charge in [0.05, 0.1) is 13.2 Å². The summed E-state index contributed by atoms with van der Waals surface area (Å²) in [6.45, 7) is 11.6. The number of unbranched alkanes of at least 4 members (excludes halogenated alkanes) is 7. The molecule has 2 rings (SSSR count). The molecule has 0 saturated carbocycles. The smallest absolute Gasteiger partial charge is 0.191 e. The number of aliphatic imine (C=N–C) groups is 1. The minimum absolute atomic E-state index is 0.535. The zero-order chi connectivity index (χ0) is 22.2. The molecule has 1 fully saturated rings. The van der Waals surface area contributed by atoms with Crippen molar-refractivity contribution in [1.29, 1.82) is 0 Å². The molecule has 0 aliphatic carbocycles. The van der Waals surface area contributed by atoms with Gasteiger partial charge < -0.3 is 19.9 Å². The molecule has 0 spiro atoms. The van der Waals surface area contributed by atoms with E-state index in [1.54, 1.807) is 0 Å². The first-order valence-corrected chi connectivity index (χ1v) is 12.4. The third-order valence-corrected chi connectivity index (χ3v) is 5.93. The Morgan fingerprint density at radius 2 is 1.58 bits per heavy atom. The van der Waals surface area contributed by atoms with Crippen LogP contribution in [0.1, 0.15) is 76.4 Å². The van der Waals surface area contributed by atoms with Crippen LogP contribution in [0.15, 0.2) is 4.99 Å². The number of hydrogen-bond donors (Lipinski definition) is 2. The van der Waals surface area contributed by atoms with E-state index in [0.717, 1.165) is 70.0 Å². The van der Waals surface area contributed by atoms with Crippen molar-refractivity contribution in [3.05, 3.63) is 11.6 Å². The van der Waals surface area contributed by atoms with Crippen LogP contribution < -0.4 is 10.6 Å². The third kappa shape index (κ3) is 11.0. The summed E-state index contributed by atoms with van der Waals surface area (Å²) in [7, 11) is 1.99. The van der Waals surface area contributed by atoms with E-state index in [0.29, 0.717) is 6.54 Å². The predicted molar refractivity (Wildman–Crippen MR) is 127 cm³/mol. The molecule has 1 saturated heterocycles. The number of rotatable bonds is 15. The average Bonchev–Trinajstić information content (AvgIpc) is 3.11. The summed E-state index contributed by atoms with van der Waals surface area (Å²) < 4.78 is 7.42. The lowest BCUT2D eigenvalue weighted by atomic mass is 10.1. The van der Waals surface area contributed by atoms with Gasteiger partial charge in [0.1, 0.15) is 12.4 Å². The Hall–Kier alpha value is -1.67. The van der Waals surface area contributed by atoms with E-state index in [9.17, 15) is 0 Å². The van der Waals surface area contributed by atoms with Crippen molar-refractivity contribution in [1.82, 2.24) is 30.3 Å².